The summed E-state index contributed by atoms with van der Waals surface area (Å²) in [4.78, 5) is 4.50. The van der Waals surface area contributed by atoms with Crippen LogP contribution < -0.4 is 10.8 Å². The van der Waals surface area contributed by atoms with Gasteiger partial charge in [0.25, 0.3) is 0 Å². The highest BCUT2D eigenvalue weighted by molar-refractivity contribution is 5.75. The van der Waals surface area contributed by atoms with Crippen LogP contribution >= 0.6 is 0 Å². The molecule has 0 radical (unpaired) electrons. The van der Waals surface area contributed by atoms with Gasteiger partial charge in [-0.3, -0.25) is 10.2 Å². The molecule has 0 rings (SSSR count). The summed E-state index contributed by atoms with van der Waals surface area (Å²) in [5, 5.41) is 9.94. The van der Waals surface area contributed by atoms with Crippen LogP contribution in [0.15, 0.2) is 11.6 Å². The molecular formula is C7H15N3O. The topological polar surface area (TPSA) is 57.1 Å². The normalized spacial score (nSPS) is 8.64. The fourth-order valence-corrected chi connectivity index (χ4v) is 0.495. The van der Waals surface area contributed by atoms with Gasteiger partial charge in [-0.1, -0.05) is 11.6 Å². The molecule has 0 saturated carbocycles. The van der Waals surface area contributed by atoms with E-state index in [2.05, 4.69) is 15.6 Å². The molecule has 3 N–H and O–H groups in total. The maximum Gasteiger partial charge on any atom is 0.213 e. The highest BCUT2D eigenvalue weighted by Gasteiger charge is 1.88. The maximum absolute atomic E-state index is 7.16. The summed E-state index contributed by atoms with van der Waals surface area (Å²) in [6.45, 7) is 4.67. The van der Waals surface area contributed by atoms with E-state index in [1.165, 1.54) is 12.7 Å². The highest BCUT2D eigenvalue weighted by atomic mass is 16.6. The Bertz CT molecular complexity index is 150. The maximum atomic E-state index is 7.16. The molecule has 11 heavy (non-hydrogen) atoms. The molecule has 0 bridgehead atoms. The molecule has 0 atom stereocenters. The first-order valence-electron chi connectivity index (χ1n) is 3.41. The number of hydrogen-bond donors (Lipinski definition) is 3. The minimum Gasteiger partial charge on any atom is -0.351 e. The molecule has 0 heterocycles. The molecule has 0 amide bonds. The molecule has 0 aliphatic carbocycles. The van der Waals surface area contributed by atoms with Crippen molar-refractivity contribution in [3.63, 3.8) is 0 Å². The minimum atomic E-state index is 0.171. The fourth-order valence-electron chi connectivity index (χ4n) is 0.495. The first-order valence-corrected chi connectivity index (χ1v) is 3.41. The summed E-state index contributed by atoms with van der Waals surface area (Å²) in [7, 11) is 1.47. The average Bonchev–Trinajstić information content (AvgIpc) is 1.87. The van der Waals surface area contributed by atoms with Gasteiger partial charge in [0.15, 0.2) is 0 Å². The molecule has 0 aromatic rings. The van der Waals surface area contributed by atoms with Crippen LogP contribution in [0.1, 0.15) is 13.8 Å². The first-order chi connectivity index (χ1) is 5.16. The lowest BCUT2D eigenvalue weighted by Gasteiger charge is -2.05. The monoisotopic (exact) mass is 157 g/mol. The second-order valence-electron chi connectivity index (χ2n) is 2.34. The number of hydrogen-bond acceptors (Lipinski definition) is 2. The third-order valence-electron chi connectivity index (χ3n) is 0.993. The molecule has 0 spiro atoms. The number of rotatable bonds is 3. The summed E-state index contributed by atoms with van der Waals surface area (Å²) in [6.07, 6.45) is 1.99. The minimum absolute atomic E-state index is 0.171. The third kappa shape index (κ3) is 6.86. The molecule has 0 saturated heterocycles. The lowest BCUT2D eigenvalue weighted by Crippen LogP contribution is -2.35. The summed E-state index contributed by atoms with van der Waals surface area (Å²) >= 11 is 0. The van der Waals surface area contributed by atoms with Crippen molar-refractivity contribution in [2.45, 2.75) is 13.8 Å². The molecule has 0 aromatic heterocycles. The molecule has 0 aliphatic rings. The van der Waals surface area contributed by atoms with Crippen LogP contribution in [0, 0.1) is 5.41 Å². The molecule has 4 nitrogen and oxygen atoms in total. The van der Waals surface area contributed by atoms with E-state index in [9.17, 15) is 0 Å². The average molecular weight is 157 g/mol. The van der Waals surface area contributed by atoms with Crippen LogP contribution in [0.3, 0.4) is 0 Å². The van der Waals surface area contributed by atoms with Crippen molar-refractivity contribution in [2.75, 3.05) is 13.7 Å². The SMILES string of the molecule is CONC(=N)NCC=C(C)C. The van der Waals surface area contributed by atoms with Gasteiger partial charge in [-0.25, -0.2) is 5.48 Å². The van der Waals surface area contributed by atoms with Gasteiger partial charge in [0.1, 0.15) is 0 Å². The van der Waals surface area contributed by atoms with Crippen LogP contribution in [0.2, 0.25) is 0 Å². The molecule has 64 valence electrons. The van der Waals surface area contributed by atoms with Crippen LogP contribution in [-0.2, 0) is 4.84 Å². The Morgan fingerprint density at radius 1 is 1.55 bits per heavy atom. The Morgan fingerprint density at radius 3 is 2.64 bits per heavy atom. The Kier molecular flexibility index (Phi) is 5.20. The molecule has 0 aromatic carbocycles. The van der Waals surface area contributed by atoms with E-state index in [1.807, 2.05) is 19.9 Å². The number of guanidine groups is 1. The number of nitrogens with one attached hydrogen (secondary N) is 3. The van der Waals surface area contributed by atoms with E-state index in [0.29, 0.717) is 6.54 Å². The number of hydroxylamine groups is 1. The van der Waals surface area contributed by atoms with Crippen molar-refractivity contribution in [3.05, 3.63) is 11.6 Å². The van der Waals surface area contributed by atoms with Crippen molar-refractivity contribution in [2.24, 2.45) is 0 Å². The Hall–Kier alpha value is -1.03. The van der Waals surface area contributed by atoms with Crippen molar-refractivity contribution < 1.29 is 4.84 Å². The predicted molar refractivity (Wildman–Crippen MR) is 45.3 cm³/mol. The Balaban J connectivity index is 3.39. The summed E-state index contributed by atoms with van der Waals surface area (Å²) in [5.74, 6) is 0.171. The van der Waals surface area contributed by atoms with E-state index in [-0.39, 0.29) is 5.96 Å². The van der Waals surface area contributed by atoms with E-state index < -0.39 is 0 Å². The zero-order valence-electron chi connectivity index (χ0n) is 7.19. The predicted octanol–water partition coefficient (Wildman–Crippen LogP) is 0.628. The molecular weight excluding hydrogens is 142 g/mol. The standard InChI is InChI=1S/C7H15N3O/c1-6(2)4-5-9-7(8)10-11-3/h4H,5H2,1-3H3,(H3,8,9,10). The Morgan fingerprint density at radius 2 is 2.18 bits per heavy atom. The fraction of sp³-hybridized carbons (Fsp3) is 0.571. The molecule has 0 aliphatic heterocycles. The second-order valence-corrected chi connectivity index (χ2v) is 2.34. The van der Waals surface area contributed by atoms with Crippen LogP contribution in [0.4, 0.5) is 0 Å². The van der Waals surface area contributed by atoms with Crippen LogP contribution in [0.5, 0.6) is 0 Å². The smallest absolute Gasteiger partial charge is 0.213 e. The third-order valence-corrected chi connectivity index (χ3v) is 0.993. The van der Waals surface area contributed by atoms with Gasteiger partial charge in [0, 0.05) is 6.54 Å². The summed E-state index contributed by atoms with van der Waals surface area (Å²) < 4.78 is 0. The lowest BCUT2D eigenvalue weighted by atomic mass is 10.3. The van der Waals surface area contributed by atoms with Gasteiger partial charge in [-0.15, -0.1) is 0 Å². The van der Waals surface area contributed by atoms with Crippen LogP contribution in [0.25, 0.3) is 0 Å². The lowest BCUT2D eigenvalue weighted by molar-refractivity contribution is 0.140. The Labute approximate surface area is 67.1 Å². The first kappa shape index (κ1) is 9.97. The van der Waals surface area contributed by atoms with Gasteiger partial charge in [-0.2, -0.15) is 0 Å². The van der Waals surface area contributed by atoms with E-state index >= 15 is 0 Å². The van der Waals surface area contributed by atoms with E-state index in [1.54, 1.807) is 0 Å². The van der Waals surface area contributed by atoms with Crippen molar-refractivity contribution in [1.82, 2.24) is 10.8 Å². The van der Waals surface area contributed by atoms with Gasteiger partial charge < -0.3 is 5.32 Å². The number of allylic oxidation sites excluding steroid dienone is 1. The summed E-state index contributed by atoms with van der Waals surface area (Å²) in [5.41, 5.74) is 3.59. The highest BCUT2D eigenvalue weighted by Crippen LogP contribution is 1.84. The second kappa shape index (κ2) is 5.73. The zero-order chi connectivity index (χ0) is 8.69. The zero-order valence-corrected chi connectivity index (χ0v) is 7.19. The largest absolute Gasteiger partial charge is 0.351 e. The molecule has 4 heteroatoms. The van der Waals surface area contributed by atoms with E-state index in [4.69, 9.17) is 5.41 Å². The molecule has 0 unspecified atom stereocenters. The van der Waals surface area contributed by atoms with Crippen molar-refractivity contribution >= 4 is 5.96 Å². The van der Waals surface area contributed by atoms with Crippen molar-refractivity contribution in [3.8, 4) is 0 Å². The van der Waals surface area contributed by atoms with Gasteiger partial charge in [-0.05, 0) is 13.8 Å². The summed E-state index contributed by atoms with van der Waals surface area (Å²) in [6, 6.07) is 0. The molecule has 0 fully saturated rings. The van der Waals surface area contributed by atoms with Gasteiger partial charge >= 0.3 is 0 Å². The quantitative estimate of drug-likeness (QED) is 0.244. The van der Waals surface area contributed by atoms with Crippen molar-refractivity contribution in [1.29, 1.82) is 5.41 Å². The van der Waals surface area contributed by atoms with Crippen LogP contribution in [-0.4, -0.2) is 19.6 Å². The van der Waals surface area contributed by atoms with Gasteiger partial charge in [0.2, 0.25) is 5.96 Å². The van der Waals surface area contributed by atoms with E-state index in [0.717, 1.165) is 0 Å². The van der Waals surface area contributed by atoms with Gasteiger partial charge in [0.05, 0.1) is 7.11 Å².